The fraction of sp³-hybridized carbons (Fsp3) is 0.125. The highest BCUT2D eigenvalue weighted by molar-refractivity contribution is 6.04. The van der Waals surface area contributed by atoms with Crippen molar-refractivity contribution in [3.05, 3.63) is 59.7 Å². The second kappa shape index (κ2) is 6.02. The summed E-state index contributed by atoms with van der Waals surface area (Å²) in [5.74, 6) is -0.272. The monoisotopic (exact) mass is 268 g/mol. The van der Waals surface area contributed by atoms with Gasteiger partial charge < -0.3 is 10.6 Å². The number of carbonyl (C=O) groups is 2. The zero-order valence-corrected chi connectivity index (χ0v) is 11.4. The van der Waals surface area contributed by atoms with Crippen LogP contribution in [0.2, 0.25) is 0 Å². The van der Waals surface area contributed by atoms with Crippen molar-refractivity contribution in [2.24, 2.45) is 0 Å². The van der Waals surface area contributed by atoms with Crippen LogP contribution in [0, 0.1) is 6.92 Å². The Morgan fingerprint density at radius 1 is 0.950 bits per heavy atom. The van der Waals surface area contributed by atoms with E-state index in [-0.39, 0.29) is 11.8 Å². The maximum Gasteiger partial charge on any atom is 0.255 e. The maximum atomic E-state index is 12.0. The summed E-state index contributed by atoms with van der Waals surface area (Å²) >= 11 is 0. The van der Waals surface area contributed by atoms with E-state index in [9.17, 15) is 9.59 Å². The molecule has 0 aliphatic rings. The normalized spacial score (nSPS) is 9.90. The highest BCUT2D eigenvalue weighted by atomic mass is 16.2. The van der Waals surface area contributed by atoms with E-state index in [1.807, 2.05) is 31.2 Å². The quantitative estimate of drug-likeness (QED) is 0.898. The van der Waals surface area contributed by atoms with Gasteiger partial charge >= 0.3 is 0 Å². The molecule has 2 aromatic carbocycles. The van der Waals surface area contributed by atoms with Gasteiger partial charge in [-0.1, -0.05) is 18.2 Å². The molecule has 4 nitrogen and oxygen atoms in total. The fourth-order valence-electron chi connectivity index (χ4n) is 1.86. The number of nitrogens with one attached hydrogen (secondary N) is 2. The maximum absolute atomic E-state index is 12.0. The minimum Gasteiger partial charge on any atom is -0.326 e. The number of hydrogen-bond acceptors (Lipinski definition) is 2. The van der Waals surface area contributed by atoms with Crippen molar-refractivity contribution >= 4 is 23.2 Å². The lowest BCUT2D eigenvalue weighted by molar-refractivity contribution is -0.114. The molecule has 0 fully saturated rings. The summed E-state index contributed by atoms with van der Waals surface area (Å²) in [7, 11) is 0. The van der Waals surface area contributed by atoms with Gasteiger partial charge in [-0.2, -0.15) is 0 Å². The van der Waals surface area contributed by atoms with Gasteiger partial charge in [-0.15, -0.1) is 0 Å². The van der Waals surface area contributed by atoms with Gasteiger partial charge in [-0.25, -0.2) is 0 Å². The van der Waals surface area contributed by atoms with Crippen LogP contribution in [0.25, 0.3) is 0 Å². The molecule has 0 bridgehead atoms. The zero-order chi connectivity index (χ0) is 14.5. The molecule has 2 N–H and O–H groups in total. The second-order valence-corrected chi connectivity index (χ2v) is 4.53. The first-order chi connectivity index (χ1) is 9.56. The molecule has 102 valence electrons. The molecular weight excluding hydrogens is 252 g/mol. The van der Waals surface area contributed by atoms with Gasteiger partial charge in [0.25, 0.3) is 5.91 Å². The third-order valence-electron chi connectivity index (χ3n) is 2.83. The lowest BCUT2D eigenvalue weighted by Gasteiger charge is -2.10. The number of carbonyl (C=O) groups excluding carboxylic acids is 2. The molecule has 0 heterocycles. The smallest absolute Gasteiger partial charge is 0.255 e. The van der Waals surface area contributed by atoms with E-state index in [4.69, 9.17) is 0 Å². The third kappa shape index (κ3) is 3.45. The lowest BCUT2D eigenvalue weighted by Crippen LogP contribution is -2.12. The highest BCUT2D eigenvalue weighted by Gasteiger charge is 2.07. The minimum absolute atomic E-state index is 0.117. The predicted octanol–water partition coefficient (Wildman–Crippen LogP) is 3.21. The Morgan fingerprint density at radius 2 is 1.65 bits per heavy atom. The summed E-state index contributed by atoms with van der Waals surface area (Å²) < 4.78 is 0. The van der Waals surface area contributed by atoms with Gasteiger partial charge in [0.1, 0.15) is 0 Å². The number of aryl methyl sites for hydroxylation is 1. The van der Waals surface area contributed by atoms with E-state index in [1.54, 1.807) is 24.3 Å². The van der Waals surface area contributed by atoms with Gasteiger partial charge in [-0.3, -0.25) is 9.59 Å². The van der Waals surface area contributed by atoms with Crippen molar-refractivity contribution in [3.8, 4) is 0 Å². The molecule has 0 radical (unpaired) electrons. The van der Waals surface area contributed by atoms with Crippen LogP contribution < -0.4 is 10.6 Å². The molecule has 0 unspecified atom stereocenters. The predicted molar refractivity (Wildman–Crippen MR) is 79.9 cm³/mol. The van der Waals surface area contributed by atoms with Crippen LogP contribution in [-0.4, -0.2) is 11.8 Å². The second-order valence-electron chi connectivity index (χ2n) is 4.53. The molecule has 0 aliphatic heterocycles. The first kappa shape index (κ1) is 13.8. The van der Waals surface area contributed by atoms with Crippen LogP contribution in [0.4, 0.5) is 11.4 Å². The van der Waals surface area contributed by atoms with E-state index in [2.05, 4.69) is 10.6 Å². The first-order valence-corrected chi connectivity index (χ1v) is 6.31. The van der Waals surface area contributed by atoms with Gasteiger partial charge in [0, 0.05) is 23.9 Å². The molecule has 0 spiro atoms. The zero-order valence-electron chi connectivity index (χ0n) is 11.4. The molecule has 2 amide bonds. The number of hydrogen-bond donors (Lipinski definition) is 2. The molecule has 0 saturated carbocycles. The average molecular weight is 268 g/mol. The lowest BCUT2D eigenvalue weighted by atomic mass is 10.1. The highest BCUT2D eigenvalue weighted by Crippen LogP contribution is 2.20. The molecule has 0 atom stereocenters. The Hall–Kier alpha value is -2.62. The van der Waals surface area contributed by atoms with E-state index < -0.39 is 0 Å². The fourth-order valence-corrected chi connectivity index (χ4v) is 1.86. The van der Waals surface area contributed by atoms with Crippen molar-refractivity contribution in [3.63, 3.8) is 0 Å². The van der Waals surface area contributed by atoms with Gasteiger partial charge in [-0.05, 0) is 42.8 Å². The van der Waals surface area contributed by atoms with Crippen molar-refractivity contribution in [1.29, 1.82) is 0 Å². The summed E-state index contributed by atoms with van der Waals surface area (Å²) in [4.78, 5) is 23.0. The summed E-state index contributed by atoms with van der Waals surface area (Å²) in [5, 5.41) is 5.56. The van der Waals surface area contributed by atoms with E-state index in [0.717, 1.165) is 11.3 Å². The largest absolute Gasteiger partial charge is 0.326 e. The number of amides is 2. The molecule has 2 rings (SSSR count). The van der Waals surface area contributed by atoms with Crippen LogP contribution in [0.3, 0.4) is 0 Å². The Kier molecular flexibility index (Phi) is 4.15. The van der Waals surface area contributed by atoms with Crippen LogP contribution in [0.5, 0.6) is 0 Å². The molecule has 20 heavy (non-hydrogen) atoms. The third-order valence-corrected chi connectivity index (χ3v) is 2.83. The van der Waals surface area contributed by atoms with Gasteiger partial charge in [0.05, 0.1) is 0 Å². The number of benzene rings is 2. The SMILES string of the molecule is CC(=O)Nc1ccc(NC(=O)c2ccccc2)cc1C. The van der Waals surface area contributed by atoms with Crippen LogP contribution in [0.15, 0.2) is 48.5 Å². The van der Waals surface area contributed by atoms with Crippen LogP contribution >= 0.6 is 0 Å². The first-order valence-electron chi connectivity index (χ1n) is 6.31. The summed E-state index contributed by atoms with van der Waals surface area (Å²) in [6, 6.07) is 14.4. The average Bonchev–Trinajstić information content (AvgIpc) is 2.42. The van der Waals surface area contributed by atoms with Crippen molar-refractivity contribution in [2.45, 2.75) is 13.8 Å². The Bertz CT molecular complexity index is 636. The molecule has 4 heteroatoms. The standard InChI is InChI=1S/C16H16N2O2/c1-11-10-14(8-9-15(11)17-12(2)19)18-16(20)13-6-4-3-5-7-13/h3-10H,1-2H3,(H,17,19)(H,18,20). The molecule has 0 aliphatic carbocycles. The van der Waals surface area contributed by atoms with E-state index in [0.29, 0.717) is 11.3 Å². The molecule has 0 saturated heterocycles. The Labute approximate surface area is 117 Å². The number of anilines is 2. The summed E-state index contributed by atoms with van der Waals surface area (Å²) in [5.41, 5.74) is 2.95. The molecular formula is C16H16N2O2. The van der Waals surface area contributed by atoms with Crippen molar-refractivity contribution < 1.29 is 9.59 Å². The Balaban J connectivity index is 2.13. The topological polar surface area (TPSA) is 58.2 Å². The van der Waals surface area contributed by atoms with Crippen LogP contribution in [-0.2, 0) is 4.79 Å². The molecule has 0 aromatic heterocycles. The summed E-state index contributed by atoms with van der Waals surface area (Å²) in [6.07, 6.45) is 0. The van der Waals surface area contributed by atoms with E-state index in [1.165, 1.54) is 6.92 Å². The van der Waals surface area contributed by atoms with Crippen LogP contribution in [0.1, 0.15) is 22.8 Å². The van der Waals surface area contributed by atoms with E-state index >= 15 is 0 Å². The number of rotatable bonds is 3. The minimum atomic E-state index is -0.155. The van der Waals surface area contributed by atoms with Crippen molar-refractivity contribution in [1.82, 2.24) is 0 Å². The Morgan fingerprint density at radius 3 is 2.25 bits per heavy atom. The van der Waals surface area contributed by atoms with Crippen molar-refractivity contribution in [2.75, 3.05) is 10.6 Å². The summed E-state index contributed by atoms with van der Waals surface area (Å²) in [6.45, 7) is 3.34. The molecule has 2 aromatic rings. The van der Waals surface area contributed by atoms with Gasteiger partial charge in [0.2, 0.25) is 5.91 Å². The van der Waals surface area contributed by atoms with Gasteiger partial charge in [0.15, 0.2) is 0 Å².